The van der Waals surface area contributed by atoms with Gasteiger partial charge in [0.15, 0.2) is 0 Å². The van der Waals surface area contributed by atoms with Crippen molar-refractivity contribution in [2.75, 3.05) is 39.6 Å². The van der Waals surface area contributed by atoms with Crippen LogP contribution in [0.25, 0.3) is 0 Å². The summed E-state index contributed by atoms with van der Waals surface area (Å²) in [7, 11) is 0. The molecule has 10 bridgehead atoms. The van der Waals surface area contributed by atoms with Crippen molar-refractivity contribution in [2.24, 2.45) is 0 Å². The van der Waals surface area contributed by atoms with E-state index in [1.165, 1.54) is 28.1 Å². The molecule has 0 spiro atoms. The minimum Gasteiger partial charge on any atom is -0.491 e. The van der Waals surface area contributed by atoms with Crippen LogP contribution in [0.1, 0.15) is 0 Å². The van der Waals surface area contributed by atoms with Crippen LogP contribution in [0.3, 0.4) is 0 Å². The number of nitrogens with zero attached hydrogens (tertiary/aromatic N) is 2. The first kappa shape index (κ1) is 22.9. The molecular weight excluding hydrogens is 509 g/mol. The molecule has 0 saturated heterocycles. The fraction of sp³-hybridized carbons (Fsp3) is 0.333. The van der Waals surface area contributed by atoms with Crippen molar-refractivity contribution >= 4 is 47.0 Å². The normalized spacial score (nSPS) is 19.1. The van der Waals surface area contributed by atoms with Gasteiger partial charge in [-0.05, 0) is 24.3 Å². The average molecular weight is 533 g/mol. The third-order valence-corrected chi connectivity index (χ3v) is 10.9. The van der Waals surface area contributed by atoms with Crippen molar-refractivity contribution in [2.45, 2.75) is 32.7 Å². The van der Waals surface area contributed by atoms with E-state index in [-0.39, 0.29) is 0 Å². The van der Waals surface area contributed by atoms with Crippen LogP contribution in [0.15, 0.2) is 77.1 Å². The Morgan fingerprint density at radius 2 is 0.882 bits per heavy atom. The second kappa shape index (κ2) is 10.6. The predicted octanol–water partition coefficient (Wildman–Crippen LogP) is 6.02. The molecule has 8 aliphatic heterocycles. The Morgan fingerprint density at radius 3 is 1.26 bits per heavy atom. The molecule has 10 heteroatoms. The van der Waals surface area contributed by atoms with Gasteiger partial charge in [-0.2, -0.15) is 0 Å². The number of hydrogen-bond donors (Lipinski definition) is 0. The Morgan fingerprint density at radius 1 is 0.500 bits per heavy atom. The van der Waals surface area contributed by atoms with Crippen molar-refractivity contribution in [1.29, 1.82) is 0 Å². The molecule has 6 nitrogen and oxygen atoms in total. The van der Waals surface area contributed by atoms with E-state index in [4.69, 9.17) is 18.9 Å². The summed E-state index contributed by atoms with van der Waals surface area (Å²) in [5.74, 6) is 1.63. The Balaban J connectivity index is 1.12. The standard InChI is InChI=1S/C24H24N2O4S4/c1-2-18-4-3-17(1)29-11-9-27-7-5-25-13-19-20(14-25)32-23(31-19)24-33-21-15-26(16-22(21)34-24)6-8-28-10-12-30-18/h1-4,13-16H,5-12H2. The van der Waals surface area contributed by atoms with Crippen LogP contribution in [-0.2, 0) is 22.6 Å². The molecule has 3 aromatic rings. The molecule has 0 aliphatic carbocycles. The largest absolute Gasteiger partial charge is 0.491 e. The van der Waals surface area contributed by atoms with Gasteiger partial charge in [-0.1, -0.05) is 47.0 Å². The number of hydrogen-bond acceptors (Lipinski definition) is 8. The van der Waals surface area contributed by atoms with Gasteiger partial charge in [0.25, 0.3) is 0 Å². The molecule has 0 amide bonds. The molecule has 0 atom stereocenters. The molecule has 11 rings (SSSR count). The number of rotatable bonds is 0. The molecular formula is C24H24N2O4S4. The monoisotopic (exact) mass is 532 g/mol. The summed E-state index contributed by atoms with van der Waals surface area (Å²) >= 11 is 7.53. The topological polar surface area (TPSA) is 46.8 Å². The average Bonchev–Trinajstić information content (AvgIpc) is 3.58. The fourth-order valence-electron chi connectivity index (χ4n) is 3.72. The first-order chi connectivity index (χ1) is 16.8. The zero-order chi connectivity index (χ0) is 22.7. The summed E-state index contributed by atoms with van der Waals surface area (Å²) in [6, 6.07) is 7.69. The second-order valence-electron chi connectivity index (χ2n) is 7.83. The summed E-state index contributed by atoms with van der Waals surface area (Å²) < 4.78 is 30.3. The van der Waals surface area contributed by atoms with Crippen LogP contribution in [-0.4, -0.2) is 48.8 Å². The molecule has 34 heavy (non-hydrogen) atoms. The molecule has 178 valence electrons. The summed E-state index contributed by atoms with van der Waals surface area (Å²) in [4.78, 5) is 5.35. The molecule has 10 heterocycles. The van der Waals surface area contributed by atoms with Crippen LogP contribution in [0.5, 0.6) is 11.5 Å². The van der Waals surface area contributed by atoms with Crippen molar-refractivity contribution < 1.29 is 18.9 Å². The number of benzene rings is 1. The van der Waals surface area contributed by atoms with Crippen LogP contribution < -0.4 is 9.47 Å². The van der Waals surface area contributed by atoms with Gasteiger partial charge in [-0.3, -0.25) is 0 Å². The van der Waals surface area contributed by atoms with Gasteiger partial charge >= 0.3 is 0 Å². The Kier molecular flexibility index (Phi) is 7.13. The SMILES string of the molecule is c1cc2ccc1OCCOCCn1cc3c(c1)SC(=C1Sc4cn(cc4S1)CCOCCO2)S3. The molecule has 0 radical (unpaired) electrons. The maximum absolute atomic E-state index is 5.78. The lowest BCUT2D eigenvalue weighted by molar-refractivity contribution is 0.0932. The maximum Gasteiger partial charge on any atom is 0.119 e. The summed E-state index contributed by atoms with van der Waals surface area (Å²) in [5.41, 5.74) is 0. The van der Waals surface area contributed by atoms with Gasteiger partial charge in [-0.25, -0.2) is 0 Å². The first-order valence-electron chi connectivity index (χ1n) is 11.2. The van der Waals surface area contributed by atoms with Gasteiger partial charge < -0.3 is 28.1 Å². The quantitative estimate of drug-likeness (QED) is 0.349. The number of thioether (sulfide) groups is 4. The molecule has 8 aliphatic rings. The zero-order valence-corrected chi connectivity index (χ0v) is 21.7. The van der Waals surface area contributed by atoms with Gasteiger partial charge in [0.2, 0.25) is 0 Å². The van der Waals surface area contributed by atoms with E-state index in [0.717, 1.165) is 24.6 Å². The Labute approximate surface area is 215 Å². The van der Waals surface area contributed by atoms with Crippen LogP contribution >= 0.6 is 47.0 Å². The van der Waals surface area contributed by atoms with E-state index in [2.05, 4.69) is 33.9 Å². The van der Waals surface area contributed by atoms with Gasteiger partial charge in [-0.15, -0.1) is 0 Å². The van der Waals surface area contributed by atoms with Crippen molar-refractivity contribution in [3.05, 3.63) is 57.5 Å². The van der Waals surface area contributed by atoms with Gasteiger partial charge in [0.05, 0.1) is 34.9 Å². The smallest absolute Gasteiger partial charge is 0.119 e. The van der Waals surface area contributed by atoms with E-state index in [1.807, 2.05) is 71.3 Å². The van der Waals surface area contributed by atoms with Crippen LogP contribution in [0.4, 0.5) is 0 Å². The molecule has 1 aromatic carbocycles. The molecule has 0 unspecified atom stereocenters. The van der Waals surface area contributed by atoms with E-state index in [0.29, 0.717) is 39.6 Å². The van der Waals surface area contributed by atoms with E-state index < -0.39 is 0 Å². The molecule has 0 fully saturated rings. The Bertz CT molecular complexity index is 1050. The second-order valence-corrected chi connectivity index (χ2v) is 12.6. The lowest BCUT2D eigenvalue weighted by atomic mass is 10.3. The van der Waals surface area contributed by atoms with Crippen molar-refractivity contribution in [3.8, 4) is 11.5 Å². The zero-order valence-electron chi connectivity index (χ0n) is 18.4. The third-order valence-electron chi connectivity index (χ3n) is 5.40. The highest BCUT2D eigenvalue weighted by Gasteiger charge is 2.28. The van der Waals surface area contributed by atoms with E-state index in [9.17, 15) is 0 Å². The summed E-state index contributed by atoms with van der Waals surface area (Å²) in [6.07, 6.45) is 8.94. The highest BCUT2D eigenvalue weighted by atomic mass is 32.2. The number of ether oxygens (including phenoxy) is 4. The number of aromatic nitrogens is 2. The van der Waals surface area contributed by atoms with Crippen LogP contribution in [0, 0.1) is 0 Å². The highest BCUT2D eigenvalue weighted by Crippen LogP contribution is 2.61. The third kappa shape index (κ3) is 5.32. The first-order valence-corrected chi connectivity index (χ1v) is 14.4. The molecule has 2 aromatic heterocycles. The fourth-order valence-corrected chi connectivity index (χ4v) is 9.13. The summed E-state index contributed by atoms with van der Waals surface area (Å²) in [5, 5.41) is 0. The predicted molar refractivity (Wildman–Crippen MR) is 138 cm³/mol. The van der Waals surface area contributed by atoms with E-state index in [1.54, 1.807) is 0 Å². The molecule has 0 N–H and O–H groups in total. The van der Waals surface area contributed by atoms with E-state index >= 15 is 0 Å². The molecule has 0 saturated carbocycles. The Hall–Kier alpha value is -1.56. The minimum absolute atomic E-state index is 0.526. The lowest BCUT2D eigenvalue weighted by Crippen LogP contribution is -2.11. The minimum atomic E-state index is 0.526. The lowest BCUT2D eigenvalue weighted by Gasteiger charge is -2.10. The summed E-state index contributed by atoms with van der Waals surface area (Å²) in [6.45, 7) is 5.20. The van der Waals surface area contributed by atoms with Gasteiger partial charge in [0.1, 0.15) is 24.7 Å². The maximum atomic E-state index is 5.78. The van der Waals surface area contributed by atoms with Crippen molar-refractivity contribution in [3.63, 3.8) is 0 Å². The highest BCUT2D eigenvalue weighted by molar-refractivity contribution is 8.30. The van der Waals surface area contributed by atoms with Crippen molar-refractivity contribution in [1.82, 2.24) is 9.13 Å². The van der Waals surface area contributed by atoms with Crippen LogP contribution in [0.2, 0.25) is 0 Å². The van der Waals surface area contributed by atoms with Gasteiger partial charge in [0, 0.05) is 57.5 Å².